The molecule has 158 valence electrons. The predicted molar refractivity (Wildman–Crippen MR) is 114 cm³/mol. The van der Waals surface area contributed by atoms with E-state index < -0.39 is 10.0 Å². The Morgan fingerprint density at radius 3 is 2.53 bits per heavy atom. The Labute approximate surface area is 175 Å². The summed E-state index contributed by atoms with van der Waals surface area (Å²) in [5, 5.41) is 0. The van der Waals surface area contributed by atoms with Gasteiger partial charge in [-0.2, -0.15) is 0 Å². The number of benzene rings is 2. The molecule has 0 radical (unpaired) electrons. The molecule has 3 aromatic rings. The van der Waals surface area contributed by atoms with E-state index in [9.17, 15) is 13.2 Å². The topological polar surface area (TPSA) is 93.5 Å². The van der Waals surface area contributed by atoms with Gasteiger partial charge in [0.2, 0.25) is 0 Å². The number of ether oxygens (including phenoxy) is 1. The van der Waals surface area contributed by atoms with Crippen LogP contribution < -0.4 is 4.72 Å². The number of nitrogens with one attached hydrogen (secondary N) is 1. The second-order valence-corrected chi connectivity index (χ2v) is 8.80. The molecule has 0 bridgehead atoms. The molecule has 4 rings (SSSR count). The zero-order chi connectivity index (χ0) is 21.3. The number of hydrogen-bond acceptors (Lipinski definition) is 5. The number of hydrogen-bond donors (Lipinski definition) is 1. The molecule has 1 aliphatic heterocycles. The first kappa shape index (κ1) is 20.4. The van der Waals surface area contributed by atoms with Crippen LogP contribution in [0.1, 0.15) is 23.1 Å². The minimum absolute atomic E-state index is 0.154. The van der Waals surface area contributed by atoms with Crippen LogP contribution in [0.25, 0.3) is 11.0 Å². The molecular weight excluding hydrogens is 404 g/mol. The van der Waals surface area contributed by atoms with Crippen molar-refractivity contribution < 1.29 is 17.9 Å². The predicted octanol–water partition coefficient (Wildman–Crippen LogP) is 2.64. The summed E-state index contributed by atoms with van der Waals surface area (Å²) in [6.45, 7) is 6.49. The number of aryl methyl sites for hydroxylation is 2. The van der Waals surface area contributed by atoms with Gasteiger partial charge in [0.1, 0.15) is 5.82 Å². The molecular formula is C21H24N4O4S. The van der Waals surface area contributed by atoms with Crippen LogP contribution in [-0.4, -0.2) is 55.1 Å². The lowest BCUT2D eigenvalue weighted by atomic mass is 10.1. The van der Waals surface area contributed by atoms with E-state index in [4.69, 9.17) is 4.74 Å². The molecule has 1 saturated heterocycles. The second-order valence-electron chi connectivity index (χ2n) is 7.12. The molecule has 8 nitrogen and oxygen atoms in total. The number of imidazole rings is 1. The minimum Gasteiger partial charge on any atom is -0.378 e. The van der Waals surface area contributed by atoms with Crippen molar-refractivity contribution in [3.05, 3.63) is 53.9 Å². The van der Waals surface area contributed by atoms with Crippen molar-refractivity contribution in [2.24, 2.45) is 0 Å². The number of carbonyl (C=O) groups is 1. The van der Waals surface area contributed by atoms with Crippen LogP contribution in [0, 0.1) is 6.92 Å². The third-order valence-electron chi connectivity index (χ3n) is 5.18. The van der Waals surface area contributed by atoms with Gasteiger partial charge in [0.15, 0.2) is 0 Å². The summed E-state index contributed by atoms with van der Waals surface area (Å²) in [5.74, 6) is 0.616. The second kappa shape index (κ2) is 8.08. The van der Waals surface area contributed by atoms with Gasteiger partial charge in [-0.25, -0.2) is 13.4 Å². The van der Waals surface area contributed by atoms with Crippen molar-refractivity contribution in [3.8, 4) is 0 Å². The van der Waals surface area contributed by atoms with Crippen molar-refractivity contribution in [1.82, 2.24) is 14.5 Å². The number of morpholine rings is 1. The van der Waals surface area contributed by atoms with Crippen molar-refractivity contribution in [2.75, 3.05) is 31.0 Å². The minimum atomic E-state index is -3.79. The third kappa shape index (κ3) is 3.78. The molecule has 30 heavy (non-hydrogen) atoms. The van der Waals surface area contributed by atoms with Gasteiger partial charge in [-0.05, 0) is 38.1 Å². The Hall–Kier alpha value is -2.91. The Morgan fingerprint density at radius 1 is 1.17 bits per heavy atom. The van der Waals surface area contributed by atoms with E-state index in [0.717, 1.165) is 5.82 Å². The summed E-state index contributed by atoms with van der Waals surface area (Å²) in [4.78, 5) is 19.8. The zero-order valence-corrected chi connectivity index (χ0v) is 17.8. The number of aromatic nitrogens is 2. The molecule has 0 atom stereocenters. The number of nitrogens with zero attached hydrogens (tertiary/aromatic N) is 3. The van der Waals surface area contributed by atoms with Crippen LogP contribution in [-0.2, 0) is 21.3 Å². The third-order valence-corrected chi connectivity index (χ3v) is 6.58. The molecule has 1 aromatic heterocycles. The van der Waals surface area contributed by atoms with Crippen molar-refractivity contribution in [2.45, 2.75) is 25.3 Å². The van der Waals surface area contributed by atoms with Gasteiger partial charge >= 0.3 is 0 Å². The molecule has 2 heterocycles. The number of carbonyl (C=O) groups excluding carboxylic acids is 1. The van der Waals surface area contributed by atoms with Crippen LogP contribution in [0.15, 0.2) is 47.4 Å². The van der Waals surface area contributed by atoms with Gasteiger partial charge in [0.25, 0.3) is 15.9 Å². The van der Waals surface area contributed by atoms with Crippen LogP contribution in [0.5, 0.6) is 0 Å². The number of rotatable bonds is 5. The van der Waals surface area contributed by atoms with Crippen molar-refractivity contribution in [1.29, 1.82) is 0 Å². The van der Waals surface area contributed by atoms with E-state index in [-0.39, 0.29) is 10.8 Å². The van der Waals surface area contributed by atoms with E-state index >= 15 is 0 Å². The molecule has 1 aliphatic rings. The molecule has 1 fully saturated rings. The van der Waals surface area contributed by atoms with Gasteiger partial charge in [-0.15, -0.1) is 0 Å². The van der Waals surface area contributed by atoms with Crippen molar-refractivity contribution >= 4 is 32.7 Å². The molecule has 1 amide bonds. The van der Waals surface area contributed by atoms with E-state index in [2.05, 4.69) is 9.71 Å². The summed E-state index contributed by atoms with van der Waals surface area (Å²) in [6.07, 6.45) is 0. The highest BCUT2D eigenvalue weighted by molar-refractivity contribution is 7.92. The smallest absolute Gasteiger partial charge is 0.261 e. The fourth-order valence-electron chi connectivity index (χ4n) is 3.74. The maximum atomic E-state index is 13.3. The highest BCUT2D eigenvalue weighted by Crippen LogP contribution is 2.28. The van der Waals surface area contributed by atoms with Gasteiger partial charge < -0.3 is 14.2 Å². The largest absolute Gasteiger partial charge is 0.378 e. The number of amides is 1. The summed E-state index contributed by atoms with van der Waals surface area (Å²) >= 11 is 0. The molecule has 0 aliphatic carbocycles. The lowest BCUT2D eigenvalue weighted by Crippen LogP contribution is -2.40. The quantitative estimate of drug-likeness (QED) is 0.674. The SMILES string of the molecule is CCn1c(C)nc2cc(NS(=O)(=O)c3ccccc3)cc(C(=O)N3CCOCC3)c21. The van der Waals surface area contributed by atoms with Crippen LogP contribution in [0.4, 0.5) is 5.69 Å². The fraction of sp³-hybridized carbons (Fsp3) is 0.333. The molecule has 0 saturated carbocycles. The first-order valence-electron chi connectivity index (χ1n) is 9.86. The monoisotopic (exact) mass is 428 g/mol. The van der Waals surface area contributed by atoms with E-state index in [1.807, 2.05) is 18.4 Å². The van der Waals surface area contributed by atoms with E-state index in [1.54, 1.807) is 35.2 Å². The average Bonchev–Trinajstić information content (AvgIpc) is 3.08. The fourth-order valence-corrected chi connectivity index (χ4v) is 4.81. The highest BCUT2D eigenvalue weighted by atomic mass is 32.2. The lowest BCUT2D eigenvalue weighted by molar-refractivity contribution is 0.0304. The standard InChI is InChI=1S/C21H24N4O4S/c1-3-25-15(2)22-19-14-16(23-30(27,28)17-7-5-4-6-8-17)13-18(20(19)25)21(26)24-9-11-29-12-10-24/h4-8,13-14,23H,3,9-12H2,1-2H3. The Morgan fingerprint density at radius 2 is 1.87 bits per heavy atom. The lowest BCUT2D eigenvalue weighted by Gasteiger charge is -2.27. The Balaban J connectivity index is 1.81. The number of fused-ring (bicyclic) bond motifs is 1. The van der Waals surface area contributed by atoms with Crippen LogP contribution >= 0.6 is 0 Å². The van der Waals surface area contributed by atoms with Crippen LogP contribution in [0.2, 0.25) is 0 Å². The van der Waals surface area contributed by atoms with Gasteiger partial charge in [-0.3, -0.25) is 9.52 Å². The molecule has 0 spiro atoms. The number of anilines is 1. The Bertz CT molecular complexity index is 1180. The summed E-state index contributed by atoms with van der Waals surface area (Å²) in [5.41, 5.74) is 2.04. The summed E-state index contributed by atoms with van der Waals surface area (Å²) in [6, 6.07) is 11.4. The zero-order valence-electron chi connectivity index (χ0n) is 17.0. The summed E-state index contributed by atoms with van der Waals surface area (Å²) < 4.78 is 35.5. The highest BCUT2D eigenvalue weighted by Gasteiger charge is 2.25. The van der Waals surface area contributed by atoms with Gasteiger partial charge in [-0.1, -0.05) is 18.2 Å². The number of sulfonamides is 1. The van der Waals surface area contributed by atoms with Crippen LogP contribution in [0.3, 0.4) is 0 Å². The normalized spacial score (nSPS) is 14.8. The maximum absolute atomic E-state index is 13.3. The van der Waals surface area contributed by atoms with E-state index in [1.165, 1.54) is 12.1 Å². The van der Waals surface area contributed by atoms with E-state index in [0.29, 0.717) is 55.1 Å². The van der Waals surface area contributed by atoms with Crippen molar-refractivity contribution in [3.63, 3.8) is 0 Å². The summed E-state index contributed by atoms with van der Waals surface area (Å²) in [7, 11) is -3.79. The molecule has 1 N–H and O–H groups in total. The molecule has 9 heteroatoms. The first-order chi connectivity index (χ1) is 14.4. The molecule has 0 unspecified atom stereocenters. The molecule has 2 aromatic carbocycles. The average molecular weight is 429 g/mol. The first-order valence-corrected chi connectivity index (χ1v) is 11.3. The van der Waals surface area contributed by atoms with Gasteiger partial charge in [0, 0.05) is 19.6 Å². The van der Waals surface area contributed by atoms with Gasteiger partial charge in [0.05, 0.1) is 40.4 Å². The Kier molecular flexibility index (Phi) is 5.48. The maximum Gasteiger partial charge on any atom is 0.261 e.